The Morgan fingerprint density at radius 3 is 2.82 bits per heavy atom. The molecule has 0 spiro atoms. The summed E-state index contributed by atoms with van der Waals surface area (Å²) < 4.78 is 15.1. The number of halogens is 1. The van der Waals surface area contributed by atoms with Crippen LogP contribution in [-0.4, -0.2) is 15.6 Å². The minimum Gasteiger partial charge on any atom is -0.294 e. The van der Waals surface area contributed by atoms with Crippen LogP contribution in [0.25, 0.3) is 0 Å². The quantitative estimate of drug-likeness (QED) is 0.761. The fraction of sp³-hybridized carbons (Fsp3) is 0.231. The molecule has 0 N–H and O–H groups in total. The van der Waals surface area contributed by atoms with E-state index in [9.17, 15) is 9.18 Å². The summed E-state index contributed by atoms with van der Waals surface area (Å²) in [6.45, 7) is 1.83. The largest absolute Gasteiger partial charge is 0.294 e. The van der Waals surface area contributed by atoms with Gasteiger partial charge in [0.2, 0.25) is 0 Å². The topological polar surface area (TPSA) is 34.9 Å². The van der Waals surface area contributed by atoms with Crippen molar-refractivity contribution in [3.8, 4) is 0 Å². The number of ketones is 1. The normalized spacial score (nSPS) is 10.5. The summed E-state index contributed by atoms with van der Waals surface area (Å²) in [5, 5.41) is 4.10. The minimum absolute atomic E-state index is 0.126. The molecule has 1 aromatic heterocycles. The van der Waals surface area contributed by atoms with E-state index in [2.05, 4.69) is 5.10 Å². The van der Waals surface area contributed by atoms with Gasteiger partial charge in [0.05, 0.1) is 17.7 Å². The molecular formula is C13H13FN2O. The predicted molar refractivity (Wildman–Crippen MR) is 62.4 cm³/mol. The van der Waals surface area contributed by atoms with Crippen molar-refractivity contribution in [3.63, 3.8) is 0 Å². The number of hydrogen-bond donors (Lipinski definition) is 0. The highest BCUT2D eigenvalue weighted by molar-refractivity contribution is 5.97. The van der Waals surface area contributed by atoms with Crippen molar-refractivity contribution in [2.45, 2.75) is 13.3 Å². The van der Waals surface area contributed by atoms with Crippen molar-refractivity contribution in [1.29, 1.82) is 0 Å². The van der Waals surface area contributed by atoms with Gasteiger partial charge in [-0.3, -0.25) is 9.48 Å². The molecule has 0 aliphatic carbocycles. The summed E-state index contributed by atoms with van der Waals surface area (Å²) in [5.74, 6) is -0.721. The highest BCUT2D eigenvalue weighted by Crippen LogP contribution is 2.13. The summed E-state index contributed by atoms with van der Waals surface area (Å²) in [6, 6.07) is 6.29. The monoisotopic (exact) mass is 232 g/mol. The number of aromatic nitrogens is 2. The zero-order valence-electron chi connectivity index (χ0n) is 9.77. The van der Waals surface area contributed by atoms with Gasteiger partial charge < -0.3 is 0 Å². The minimum atomic E-state index is -0.475. The molecular weight excluding hydrogens is 219 g/mol. The molecule has 1 heterocycles. The zero-order chi connectivity index (χ0) is 12.4. The first-order chi connectivity index (χ1) is 8.06. The van der Waals surface area contributed by atoms with Gasteiger partial charge in [-0.15, -0.1) is 0 Å². The number of hydrogen-bond acceptors (Lipinski definition) is 2. The van der Waals surface area contributed by atoms with Crippen LogP contribution in [0, 0.1) is 12.7 Å². The smallest absolute Gasteiger partial charge is 0.171 e. The van der Waals surface area contributed by atoms with Crippen molar-refractivity contribution in [2.75, 3.05) is 0 Å². The Balaban J connectivity index is 2.22. The van der Waals surface area contributed by atoms with Crippen molar-refractivity contribution in [2.24, 2.45) is 7.05 Å². The lowest BCUT2D eigenvalue weighted by Gasteiger charge is -2.02. The number of benzene rings is 1. The first-order valence-corrected chi connectivity index (χ1v) is 5.34. The Morgan fingerprint density at radius 1 is 1.41 bits per heavy atom. The molecule has 3 nitrogen and oxygen atoms in total. The Morgan fingerprint density at radius 2 is 2.18 bits per heavy atom. The average molecular weight is 232 g/mol. The maximum Gasteiger partial charge on any atom is 0.171 e. The Bertz CT molecular complexity index is 560. The van der Waals surface area contributed by atoms with Crippen molar-refractivity contribution in [1.82, 2.24) is 9.78 Å². The van der Waals surface area contributed by atoms with Gasteiger partial charge >= 0.3 is 0 Å². The number of aryl methyl sites for hydroxylation is 2. The first kappa shape index (κ1) is 11.5. The Hall–Kier alpha value is -1.97. The fourth-order valence-electron chi connectivity index (χ4n) is 1.67. The molecule has 0 aliphatic heterocycles. The van der Waals surface area contributed by atoms with Gasteiger partial charge in [0, 0.05) is 13.2 Å². The number of rotatable bonds is 3. The van der Waals surface area contributed by atoms with Crippen LogP contribution in [0.2, 0.25) is 0 Å². The zero-order valence-corrected chi connectivity index (χ0v) is 9.77. The van der Waals surface area contributed by atoms with Crippen LogP contribution < -0.4 is 0 Å². The van der Waals surface area contributed by atoms with Crippen molar-refractivity contribution >= 4 is 5.78 Å². The molecule has 0 amide bonds. The van der Waals surface area contributed by atoms with Gasteiger partial charge in [0.1, 0.15) is 5.82 Å². The molecule has 1 aromatic carbocycles. The predicted octanol–water partition coefficient (Wildman–Crippen LogP) is 2.29. The first-order valence-electron chi connectivity index (χ1n) is 5.34. The summed E-state index contributed by atoms with van der Waals surface area (Å²) in [5.41, 5.74) is 1.66. The van der Waals surface area contributed by atoms with E-state index in [1.54, 1.807) is 36.1 Å². The lowest BCUT2D eigenvalue weighted by atomic mass is 10.0. The molecule has 17 heavy (non-hydrogen) atoms. The van der Waals surface area contributed by atoms with E-state index in [1.165, 1.54) is 6.07 Å². The standard InChI is InChI=1S/C13H13FN2O/c1-9-3-4-12(14)11(7-9)13(17)8-10-5-6-16(2)15-10/h3-7H,8H2,1-2H3. The summed E-state index contributed by atoms with van der Waals surface area (Å²) >= 11 is 0. The lowest BCUT2D eigenvalue weighted by molar-refractivity contribution is 0.0988. The van der Waals surface area contributed by atoms with Gasteiger partial charge in [-0.25, -0.2) is 4.39 Å². The van der Waals surface area contributed by atoms with E-state index in [0.717, 1.165) is 5.56 Å². The second kappa shape index (κ2) is 4.49. The Kier molecular flexibility index (Phi) is 3.04. The van der Waals surface area contributed by atoms with E-state index < -0.39 is 5.82 Å². The number of carbonyl (C=O) groups excluding carboxylic acids is 1. The highest BCUT2D eigenvalue weighted by atomic mass is 19.1. The molecule has 2 rings (SSSR count). The molecule has 0 bridgehead atoms. The Labute approximate surface area is 98.9 Å². The van der Waals surface area contributed by atoms with Crippen LogP contribution >= 0.6 is 0 Å². The highest BCUT2D eigenvalue weighted by Gasteiger charge is 2.13. The van der Waals surface area contributed by atoms with Gasteiger partial charge in [0.25, 0.3) is 0 Å². The molecule has 0 unspecified atom stereocenters. The molecule has 0 saturated carbocycles. The van der Waals surface area contributed by atoms with Gasteiger partial charge in [-0.2, -0.15) is 5.10 Å². The number of Topliss-reactive ketones (excluding diaryl/α,β-unsaturated/α-hetero) is 1. The number of carbonyl (C=O) groups is 1. The van der Waals surface area contributed by atoms with Crippen LogP contribution in [0.3, 0.4) is 0 Å². The molecule has 0 aliphatic rings. The fourth-order valence-corrected chi connectivity index (χ4v) is 1.67. The summed E-state index contributed by atoms with van der Waals surface area (Å²) in [7, 11) is 1.78. The summed E-state index contributed by atoms with van der Waals surface area (Å²) in [6.07, 6.45) is 1.89. The molecule has 0 atom stereocenters. The molecule has 88 valence electrons. The van der Waals surface area contributed by atoms with E-state index in [4.69, 9.17) is 0 Å². The maximum atomic E-state index is 13.5. The van der Waals surface area contributed by atoms with E-state index in [-0.39, 0.29) is 17.8 Å². The molecule has 0 saturated heterocycles. The third-order valence-electron chi connectivity index (χ3n) is 2.53. The second-order valence-corrected chi connectivity index (χ2v) is 4.06. The van der Waals surface area contributed by atoms with Crippen LogP contribution in [0.15, 0.2) is 30.5 Å². The van der Waals surface area contributed by atoms with Crippen LogP contribution in [0.5, 0.6) is 0 Å². The average Bonchev–Trinajstić information content (AvgIpc) is 2.67. The molecule has 2 aromatic rings. The van der Waals surface area contributed by atoms with Crippen LogP contribution in [-0.2, 0) is 13.5 Å². The van der Waals surface area contributed by atoms with Crippen LogP contribution in [0.4, 0.5) is 4.39 Å². The maximum absolute atomic E-state index is 13.5. The third kappa shape index (κ3) is 2.58. The lowest BCUT2D eigenvalue weighted by Crippen LogP contribution is -2.07. The van der Waals surface area contributed by atoms with Gasteiger partial charge in [0.15, 0.2) is 5.78 Å². The molecule has 0 fully saturated rings. The molecule has 0 radical (unpaired) electrons. The molecule has 4 heteroatoms. The van der Waals surface area contributed by atoms with E-state index in [0.29, 0.717) is 5.69 Å². The third-order valence-corrected chi connectivity index (χ3v) is 2.53. The SMILES string of the molecule is Cc1ccc(F)c(C(=O)Cc2ccn(C)n2)c1. The van der Waals surface area contributed by atoms with Crippen molar-refractivity contribution in [3.05, 3.63) is 53.1 Å². The summed E-state index contributed by atoms with van der Waals surface area (Å²) in [4.78, 5) is 11.9. The second-order valence-electron chi connectivity index (χ2n) is 4.06. The van der Waals surface area contributed by atoms with Crippen molar-refractivity contribution < 1.29 is 9.18 Å². The van der Waals surface area contributed by atoms with Gasteiger partial charge in [-0.1, -0.05) is 11.6 Å². The van der Waals surface area contributed by atoms with E-state index in [1.807, 2.05) is 6.92 Å². The van der Waals surface area contributed by atoms with E-state index >= 15 is 0 Å². The van der Waals surface area contributed by atoms with Crippen LogP contribution in [0.1, 0.15) is 21.6 Å². The van der Waals surface area contributed by atoms with Gasteiger partial charge in [-0.05, 0) is 25.1 Å². The number of nitrogens with zero attached hydrogens (tertiary/aromatic N) is 2.